The lowest BCUT2D eigenvalue weighted by atomic mass is 9.45. The number of aliphatic imine (C=N–C) groups is 1. The van der Waals surface area contributed by atoms with Crippen LogP contribution in [-0.2, 0) is 30.0 Å². The highest BCUT2D eigenvalue weighted by atomic mass is 19.4. The second-order valence-corrected chi connectivity index (χ2v) is 19.8. The molecule has 14 nitrogen and oxygen atoms in total. The van der Waals surface area contributed by atoms with Gasteiger partial charge in [0, 0.05) is 71.4 Å². The van der Waals surface area contributed by atoms with Crippen molar-refractivity contribution in [1.29, 1.82) is 0 Å². The third kappa shape index (κ3) is 9.70. The fourth-order valence-corrected chi connectivity index (χ4v) is 13.0. The molecule has 2 aliphatic carbocycles. The molecule has 0 saturated heterocycles. The quantitative estimate of drug-likeness (QED) is 0.0855. The summed E-state index contributed by atoms with van der Waals surface area (Å²) in [5.74, 6) is -8.13. The van der Waals surface area contributed by atoms with E-state index in [-0.39, 0.29) is 36.7 Å². The third-order valence-corrected chi connectivity index (χ3v) is 16.1. The number of halogens is 9. The molecule has 9 rings (SSSR count). The molecule has 5 aliphatic rings. The number of benzene rings is 2. The number of aliphatic carboxylic acids is 1. The number of carbonyl (C=O) groups excluding carboxylic acids is 3. The van der Waals surface area contributed by atoms with Crippen molar-refractivity contribution < 1.29 is 73.3 Å². The Morgan fingerprint density at radius 1 is 0.693 bits per heavy atom. The number of carboxylic acid groups (broad SMARTS) is 1. The maximum Gasteiger partial charge on any atom is 0.490 e. The van der Waals surface area contributed by atoms with E-state index in [0.29, 0.717) is 22.3 Å². The molecule has 402 valence electrons. The van der Waals surface area contributed by atoms with Crippen LogP contribution >= 0.6 is 0 Å². The Morgan fingerprint density at radius 2 is 1.09 bits per heavy atom. The zero-order chi connectivity index (χ0) is 54.6. The van der Waals surface area contributed by atoms with E-state index in [1.165, 1.54) is 12.1 Å². The van der Waals surface area contributed by atoms with Crippen LogP contribution in [0.15, 0.2) is 103 Å². The lowest BCUT2D eigenvalue weighted by Crippen LogP contribution is -2.70. The number of hydrogen-bond acceptors (Lipinski definition) is 10. The number of aromatic nitrogens is 2. The van der Waals surface area contributed by atoms with Gasteiger partial charge < -0.3 is 30.9 Å². The number of pyridine rings is 2. The Bertz CT molecular complexity index is 2660. The van der Waals surface area contributed by atoms with E-state index in [2.05, 4.69) is 25.9 Å². The normalized spacial score (nSPS) is 29.5. The maximum atomic E-state index is 14.9. The van der Waals surface area contributed by atoms with Crippen molar-refractivity contribution >= 4 is 29.7 Å². The average molecular weight is 1060 g/mol. The number of rotatable bonds is 12. The van der Waals surface area contributed by atoms with Crippen LogP contribution in [-0.4, -0.2) is 81.0 Å². The number of alkyl halides is 9. The molecule has 0 spiro atoms. The third-order valence-electron chi connectivity index (χ3n) is 16.1. The Balaban J connectivity index is 0.000000997. The summed E-state index contributed by atoms with van der Waals surface area (Å²) < 4.78 is 128. The van der Waals surface area contributed by atoms with Crippen LogP contribution in [0.1, 0.15) is 94.1 Å². The summed E-state index contributed by atoms with van der Waals surface area (Å²) in [6, 6.07) is 17.7. The van der Waals surface area contributed by atoms with E-state index in [0.717, 1.165) is 0 Å². The molecule has 12 atom stereocenters. The Morgan fingerprint density at radius 3 is 1.43 bits per heavy atom. The molecule has 5 heterocycles. The molecule has 2 fully saturated rings. The van der Waals surface area contributed by atoms with Crippen LogP contribution in [0.5, 0.6) is 11.5 Å². The van der Waals surface area contributed by atoms with E-state index in [9.17, 15) is 53.9 Å². The number of para-hydroxylation sites is 2. The van der Waals surface area contributed by atoms with Gasteiger partial charge in [-0.3, -0.25) is 29.7 Å². The van der Waals surface area contributed by atoms with Gasteiger partial charge in [-0.2, -0.15) is 39.5 Å². The van der Waals surface area contributed by atoms with Crippen LogP contribution in [0.25, 0.3) is 0 Å². The zero-order valence-electron chi connectivity index (χ0n) is 40.8. The summed E-state index contributed by atoms with van der Waals surface area (Å²) in [7, 11) is 0. The van der Waals surface area contributed by atoms with Crippen LogP contribution in [0.3, 0.4) is 0 Å². The van der Waals surface area contributed by atoms with Gasteiger partial charge in [-0.05, 0) is 71.9 Å². The van der Waals surface area contributed by atoms with Crippen molar-refractivity contribution in [1.82, 2.24) is 25.9 Å². The van der Waals surface area contributed by atoms with Crippen molar-refractivity contribution in [2.24, 2.45) is 46.2 Å². The van der Waals surface area contributed by atoms with Crippen molar-refractivity contribution in [3.63, 3.8) is 0 Å². The largest absolute Gasteiger partial charge is 0.490 e. The smallest absolute Gasteiger partial charge is 0.480 e. The van der Waals surface area contributed by atoms with E-state index in [1.807, 2.05) is 39.8 Å². The first-order valence-electron chi connectivity index (χ1n) is 24.3. The average Bonchev–Trinajstić information content (AvgIpc) is 4.27. The molecule has 0 bridgehead atoms. The topological polar surface area (TPSA) is 207 Å². The first kappa shape index (κ1) is 54.3. The maximum absolute atomic E-state index is 14.9. The van der Waals surface area contributed by atoms with Gasteiger partial charge in [0.05, 0.1) is 24.0 Å². The molecular formula is C52H54F9N7O7. The molecule has 6 N–H and O–H groups in total. The van der Waals surface area contributed by atoms with Gasteiger partial charge in [0.2, 0.25) is 17.7 Å². The summed E-state index contributed by atoms with van der Waals surface area (Å²) in [5, 5.41) is 15.8. The molecule has 4 aromatic rings. The van der Waals surface area contributed by atoms with Crippen molar-refractivity contribution in [2.45, 2.75) is 119 Å². The Hall–Kier alpha value is -6.94. The summed E-state index contributed by atoms with van der Waals surface area (Å²) in [4.78, 5) is 67.7. The lowest BCUT2D eigenvalue weighted by molar-refractivity contribution is -0.202. The first-order chi connectivity index (χ1) is 35.3. The summed E-state index contributed by atoms with van der Waals surface area (Å²) >= 11 is 0. The number of ether oxygens (including phenoxy) is 2. The zero-order valence-corrected chi connectivity index (χ0v) is 40.8. The van der Waals surface area contributed by atoms with E-state index in [4.69, 9.17) is 30.1 Å². The molecule has 0 radical (unpaired) electrons. The Kier molecular flexibility index (Phi) is 14.5. The van der Waals surface area contributed by atoms with Gasteiger partial charge >= 0.3 is 24.5 Å². The molecular weight excluding hydrogens is 1010 g/mol. The number of nitrogens with two attached hydrogens (primary N) is 1. The summed E-state index contributed by atoms with van der Waals surface area (Å²) in [6.07, 6.45) is -13.2. The fraction of sp³-hybridized carbons (Fsp3) is 0.481. The number of nitrogens with zero attached hydrogens (tertiary/aromatic N) is 3. The van der Waals surface area contributed by atoms with E-state index < -0.39 is 131 Å². The van der Waals surface area contributed by atoms with Crippen LogP contribution in [0.4, 0.5) is 39.5 Å². The van der Waals surface area contributed by atoms with Gasteiger partial charge in [0.1, 0.15) is 11.5 Å². The Labute approximate surface area is 424 Å². The number of carboxylic acids is 1. The van der Waals surface area contributed by atoms with Gasteiger partial charge in [-0.1, -0.05) is 76.2 Å². The highest BCUT2D eigenvalue weighted by molar-refractivity contribution is 6.00. The minimum absolute atomic E-state index is 0.0181. The highest BCUT2D eigenvalue weighted by Gasteiger charge is 2.79. The minimum atomic E-state index is -5.08. The predicted octanol–water partition coefficient (Wildman–Crippen LogP) is 8.59. The number of guanidine groups is 1. The van der Waals surface area contributed by atoms with Crippen molar-refractivity contribution in [3.05, 3.63) is 120 Å². The van der Waals surface area contributed by atoms with Gasteiger partial charge in [-0.25, -0.2) is 9.79 Å². The second kappa shape index (κ2) is 20.0. The molecule has 75 heavy (non-hydrogen) atoms. The summed E-state index contributed by atoms with van der Waals surface area (Å²) in [6.45, 7) is 7.64. The van der Waals surface area contributed by atoms with Gasteiger partial charge in [-0.15, -0.1) is 0 Å². The predicted molar refractivity (Wildman–Crippen MR) is 250 cm³/mol. The van der Waals surface area contributed by atoms with Gasteiger partial charge in [0.25, 0.3) is 0 Å². The van der Waals surface area contributed by atoms with Crippen molar-refractivity contribution in [3.8, 4) is 11.5 Å². The van der Waals surface area contributed by atoms with Gasteiger partial charge in [0.15, 0.2) is 18.2 Å². The fourth-order valence-electron chi connectivity index (χ4n) is 13.0. The molecule has 2 aromatic carbocycles. The second-order valence-electron chi connectivity index (χ2n) is 19.8. The van der Waals surface area contributed by atoms with E-state index >= 15 is 0 Å². The monoisotopic (exact) mass is 1060 g/mol. The number of nitrogens with one attached hydrogen (secondary N) is 3. The van der Waals surface area contributed by atoms with Crippen LogP contribution in [0, 0.1) is 35.5 Å². The molecule has 3 amide bonds. The van der Waals surface area contributed by atoms with Crippen LogP contribution < -0.4 is 31.2 Å². The lowest BCUT2D eigenvalue weighted by Gasteiger charge is -2.60. The first-order valence-corrected chi connectivity index (χ1v) is 24.3. The molecule has 2 saturated carbocycles. The number of hydrogen-bond donors (Lipinski definition) is 5. The molecule has 23 heteroatoms. The standard InChI is InChI=1S/C50H53F6N7O5.C2HF3O2/c1-5-46(28-13-11-19-58-24-28,41-26(3)39(41)43(65)60-32-21-36(49(51,52)53)67-34-17-9-7-15-30(32)34)48(23-38(64)62-45(57)63-48)47(6-2,29-14-12-20-59-25-29)42-27(4)40(42)44(66)61-33-22-37(50(54,55)56)68-35-18-10-8-16-31(33)35;3-2(4,5)1(6)7/h7-20,24-27,32-33,36-37,39-42H,5-6,21-23H2,1-4H3,(H,60,65)(H,61,66)(H3,57,62,63,64);(H,6,7)/t26?,27?,32-,33-,36+,37+,39?,40?,41?,42?,46?,47?,48?;/m0./s1. The minimum Gasteiger partial charge on any atom is -0.480 e. The molecule has 2 aromatic heterocycles. The van der Waals surface area contributed by atoms with Crippen LogP contribution in [0.2, 0.25) is 0 Å². The number of carbonyl (C=O) groups is 4. The highest BCUT2D eigenvalue weighted by Crippen LogP contribution is 2.73. The molecule has 8 unspecified atom stereocenters. The SMILES string of the molecule is CCC(c1cccnc1)(C1C(C)C1C(=O)N[C@H]1C[C@H](C(F)(F)F)Oc2ccccc21)C1(C(CC)(c2cccnc2)C2C(C)C2C(=O)N[C@H]2C[C@H](C(F)(F)F)Oc3ccccc32)CC(=O)NC(N)=N1.O=C(O)C(F)(F)F. The summed E-state index contributed by atoms with van der Waals surface area (Å²) in [5.41, 5.74) is 4.55. The number of amides is 3. The van der Waals surface area contributed by atoms with E-state index in [1.54, 1.807) is 73.3 Å². The molecule has 3 aliphatic heterocycles. The number of fused-ring (bicyclic) bond motifs is 2. The van der Waals surface area contributed by atoms with Crippen molar-refractivity contribution in [2.75, 3.05) is 0 Å².